The zero-order chi connectivity index (χ0) is 14.2. The molecule has 2 rings (SSSR count). The van der Waals surface area contributed by atoms with Crippen molar-refractivity contribution in [1.29, 1.82) is 0 Å². The number of hydrogen-bond donors (Lipinski definition) is 1. The molecule has 0 bridgehead atoms. The molecule has 1 aliphatic rings. The summed E-state index contributed by atoms with van der Waals surface area (Å²) in [7, 11) is 0. The molecule has 1 fully saturated rings. The van der Waals surface area contributed by atoms with Crippen LogP contribution in [0.25, 0.3) is 0 Å². The van der Waals surface area contributed by atoms with Crippen LogP contribution in [0, 0.1) is 4.91 Å². The number of benzene rings is 1. The average Bonchev–Trinajstić information content (AvgIpc) is 2.52. The molecule has 0 aromatic heterocycles. The lowest BCUT2D eigenvalue weighted by Crippen LogP contribution is -2.47. The van der Waals surface area contributed by atoms with Gasteiger partial charge in [0, 0.05) is 38.4 Å². The number of nitrogens with zero attached hydrogens (tertiary/aromatic N) is 3. The van der Waals surface area contributed by atoms with Gasteiger partial charge in [0.05, 0.1) is 19.8 Å². The fraction of sp³-hybridized carbons (Fsp3) is 0.571. The van der Waals surface area contributed by atoms with Crippen molar-refractivity contribution in [3.05, 3.63) is 29.2 Å². The number of ether oxygens (including phenoxy) is 1. The minimum absolute atomic E-state index is 0. The van der Waals surface area contributed by atoms with Gasteiger partial charge in [0.25, 0.3) is 0 Å². The van der Waals surface area contributed by atoms with Gasteiger partial charge in [-0.05, 0) is 29.4 Å². The molecule has 8 heteroatoms. The van der Waals surface area contributed by atoms with E-state index in [1.807, 2.05) is 12.1 Å². The van der Waals surface area contributed by atoms with Gasteiger partial charge in [-0.2, -0.15) is 0 Å². The van der Waals surface area contributed by atoms with Crippen LogP contribution in [0.5, 0.6) is 0 Å². The third kappa shape index (κ3) is 6.46. The van der Waals surface area contributed by atoms with Crippen molar-refractivity contribution in [3.8, 4) is 0 Å². The number of halogens is 2. The Bertz CT molecular complexity index is 412. The molecule has 0 atom stereocenters. The molecule has 0 aliphatic carbocycles. The summed E-state index contributed by atoms with van der Waals surface area (Å²) in [6.45, 7) is 5.99. The van der Waals surface area contributed by atoms with E-state index in [1.165, 1.54) is 0 Å². The quantitative estimate of drug-likeness (QED) is 0.601. The van der Waals surface area contributed by atoms with E-state index in [9.17, 15) is 4.91 Å². The molecular formula is C14H23Cl2N3O3. The maximum Gasteiger partial charge on any atom is 0.108 e. The van der Waals surface area contributed by atoms with Crippen molar-refractivity contribution in [2.24, 2.45) is 5.18 Å². The zero-order valence-electron chi connectivity index (χ0n) is 12.4. The minimum Gasteiger partial charge on any atom is -0.394 e. The monoisotopic (exact) mass is 351 g/mol. The van der Waals surface area contributed by atoms with Gasteiger partial charge in [0.1, 0.15) is 5.69 Å². The van der Waals surface area contributed by atoms with Crippen molar-refractivity contribution in [2.75, 3.05) is 57.4 Å². The Morgan fingerprint density at radius 3 is 2.23 bits per heavy atom. The van der Waals surface area contributed by atoms with Gasteiger partial charge in [-0.3, -0.25) is 4.90 Å². The molecule has 126 valence electrons. The van der Waals surface area contributed by atoms with E-state index < -0.39 is 0 Å². The van der Waals surface area contributed by atoms with Crippen LogP contribution in [0.1, 0.15) is 0 Å². The third-order valence-electron chi connectivity index (χ3n) is 3.48. The number of nitroso groups, excluding NO2 is 1. The first-order chi connectivity index (χ1) is 9.83. The van der Waals surface area contributed by atoms with E-state index in [0.717, 1.165) is 38.4 Å². The molecule has 1 aliphatic heterocycles. The van der Waals surface area contributed by atoms with Gasteiger partial charge in [0.15, 0.2) is 0 Å². The van der Waals surface area contributed by atoms with Crippen LogP contribution >= 0.6 is 24.8 Å². The molecule has 0 radical (unpaired) electrons. The van der Waals surface area contributed by atoms with Gasteiger partial charge in [-0.25, -0.2) is 0 Å². The fourth-order valence-electron chi connectivity index (χ4n) is 2.31. The second-order valence-corrected chi connectivity index (χ2v) is 4.77. The van der Waals surface area contributed by atoms with Crippen LogP contribution in [0.3, 0.4) is 0 Å². The number of rotatable bonds is 7. The predicted molar refractivity (Wildman–Crippen MR) is 93.0 cm³/mol. The Morgan fingerprint density at radius 1 is 1.05 bits per heavy atom. The Hall–Kier alpha value is -0.920. The van der Waals surface area contributed by atoms with Crippen molar-refractivity contribution < 1.29 is 9.84 Å². The van der Waals surface area contributed by atoms with Crippen LogP contribution in [0.15, 0.2) is 29.4 Å². The van der Waals surface area contributed by atoms with Crippen LogP contribution in [-0.4, -0.2) is 62.6 Å². The van der Waals surface area contributed by atoms with Gasteiger partial charge in [-0.15, -0.1) is 29.7 Å². The summed E-state index contributed by atoms with van der Waals surface area (Å²) in [6.07, 6.45) is 0. The summed E-state index contributed by atoms with van der Waals surface area (Å²) in [6, 6.07) is 7.38. The second-order valence-electron chi connectivity index (χ2n) is 4.77. The van der Waals surface area contributed by atoms with Crippen molar-refractivity contribution >= 4 is 36.2 Å². The zero-order valence-corrected chi connectivity index (χ0v) is 14.0. The van der Waals surface area contributed by atoms with E-state index in [2.05, 4.69) is 15.0 Å². The van der Waals surface area contributed by atoms with Crippen molar-refractivity contribution in [1.82, 2.24) is 4.90 Å². The van der Waals surface area contributed by atoms with Crippen LogP contribution < -0.4 is 4.90 Å². The van der Waals surface area contributed by atoms with Gasteiger partial charge < -0.3 is 14.7 Å². The molecule has 6 nitrogen and oxygen atoms in total. The SMILES string of the molecule is Cl.Cl.O=Nc1ccc(N2CCN(CCOCCO)CC2)cc1. The summed E-state index contributed by atoms with van der Waals surface area (Å²) in [5, 5.41) is 11.5. The first-order valence-electron chi connectivity index (χ1n) is 6.93. The lowest BCUT2D eigenvalue weighted by Gasteiger charge is -2.36. The summed E-state index contributed by atoms with van der Waals surface area (Å²) < 4.78 is 5.28. The largest absolute Gasteiger partial charge is 0.394 e. The highest BCUT2D eigenvalue weighted by atomic mass is 35.5. The summed E-state index contributed by atoms with van der Waals surface area (Å²) in [4.78, 5) is 15.0. The Labute approximate surface area is 143 Å². The summed E-state index contributed by atoms with van der Waals surface area (Å²) in [5.41, 5.74) is 1.60. The van der Waals surface area contributed by atoms with E-state index >= 15 is 0 Å². The number of aliphatic hydroxyl groups is 1. The summed E-state index contributed by atoms with van der Waals surface area (Å²) in [5.74, 6) is 0. The fourth-order valence-corrected chi connectivity index (χ4v) is 2.31. The van der Waals surface area contributed by atoms with Gasteiger partial charge in [-0.1, -0.05) is 0 Å². The van der Waals surface area contributed by atoms with Gasteiger partial charge in [0.2, 0.25) is 0 Å². The predicted octanol–water partition coefficient (Wildman–Crippen LogP) is 2.06. The lowest BCUT2D eigenvalue weighted by atomic mass is 10.2. The Kier molecular flexibility index (Phi) is 11.1. The average molecular weight is 352 g/mol. The Morgan fingerprint density at radius 2 is 1.68 bits per heavy atom. The molecule has 0 unspecified atom stereocenters. The summed E-state index contributed by atoms with van der Waals surface area (Å²) >= 11 is 0. The van der Waals surface area contributed by atoms with E-state index in [1.54, 1.807) is 12.1 Å². The molecule has 0 saturated carbocycles. The molecule has 0 spiro atoms. The molecule has 1 aromatic rings. The maximum absolute atomic E-state index is 10.4. The first kappa shape index (κ1) is 21.1. The highest BCUT2D eigenvalue weighted by molar-refractivity contribution is 5.85. The minimum atomic E-state index is 0. The third-order valence-corrected chi connectivity index (χ3v) is 3.48. The highest BCUT2D eigenvalue weighted by Crippen LogP contribution is 2.20. The van der Waals surface area contributed by atoms with Crippen LogP contribution in [0.2, 0.25) is 0 Å². The maximum atomic E-state index is 10.4. The highest BCUT2D eigenvalue weighted by Gasteiger charge is 2.16. The lowest BCUT2D eigenvalue weighted by molar-refractivity contribution is 0.0724. The number of piperazine rings is 1. The second kappa shape index (κ2) is 11.6. The van der Waals surface area contributed by atoms with E-state index in [4.69, 9.17) is 9.84 Å². The van der Waals surface area contributed by atoms with Crippen LogP contribution in [0.4, 0.5) is 11.4 Å². The first-order valence-corrected chi connectivity index (χ1v) is 6.93. The van der Waals surface area contributed by atoms with Crippen molar-refractivity contribution in [3.63, 3.8) is 0 Å². The van der Waals surface area contributed by atoms with Gasteiger partial charge >= 0.3 is 0 Å². The number of anilines is 1. The van der Waals surface area contributed by atoms with Crippen LogP contribution in [-0.2, 0) is 4.74 Å². The van der Waals surface area contributed by atoms with Crippen molar-refractivity contribution in [2.45, 2.75) is 0 Å². The number of hydrogen-bond acceptors (Lipinski definition) is 6. The molecule has 1 N–H and O–H groups in total. The number of aliphatic hydroxyl groups excluding tert-OH is 1. The van der Waals surface area contributed by atoms with E-state index in [-0.39, 0.29) is 31.4 Å². The Balaban J connectivity index is 0.00000220. The molecule has 0 amide bonds. The van der Waals surface area contributed by atoms with E-state index in [0.29, 0.717) is 18.9 Å². The topological polar surface area (TPSA) is 65.4 Å². The molecule has 22 heavy (non-hydrogen) atoms. The molecule has 1 aromatic carbocycles. The molecular weight excluding hydrogens is 329 g/mol. The molecule has 1 saturated heterocycles. The normalized spacial score (nSPS) is 14.9. The standard InChI is InChI=1S/C14H21N3O3.2ClH/c18-10-12-20-11-9-16-5-7-17(8-6-16)14-3-1-13(15-19)2-4-14;;/h1-4,18H,5-12H2;2*1H. The molecule has 1 heterocycles. The smallest absolute Gasteiger partial charge is 0.108 e.